The molecule has 0 spiro atoms. The first kappa shape index (κ1) is 13.4. The Morgan fingerprint density at radius 2 is 2.10 bits per heavy atom. The molecular weight excluding hydrogens is 266 g/mol. The van der Waals surface area contributed by atoms with Crippen LogP contribution in [0.25, 0.3) is 0 Å². The summed E-state index contributed by atoms with van der Waals surface area (Å²) in [6.45, 7) is 1.87. The highest BCUT2D eigenvalue weighted by atomic mass is 16.4. The van der Waals surface area contributed by atoms with E-state index in [-0.39, 0.29) is 0 Å². The molecule has 1 saturated heterocycles. The fourth-order valence-corrected chi connectivity index (χ4v) is 2.61. The van der Waals surface area contributed by atoms with Crippen molar-refractivity contribution >= 4 is 17.3 Å². The number of rotatable bonds is 4. The number of nitrogens with one attached hydrogen (secondary N) is 1. The maximum absolute atomic E-state index is 10.9. The quantitative estimate of drug-likeness (QED) is 0.902. The van der Waals surface area contributed by atoms with Crippen LogP contribution in [0.2, 0.25) is 0 Å². The van der Waals surface area contributed by atoms with Crippen molar-refractivity contribution < 1.29 is 9.90 Å². The number of nitrogens with zero attached hydrogens (tertiary/aromatic N) is 2. The highest BCUT2D eigenvalue weighted by Gasteiger charge is 2.22. The van der Waals surface area contributed by atoms with Crippen molar-refractivity contribution in [2.45, 2.75) is 12.5 Å². The number of aromatic nitrogens is 1. The van der Waals surface area contributed by atoms with Crippen LogP contribution in [0.15, 0.2) is 48.8 Å². The molecule has 0 aliphatic carbocycles. The SMILES string of the molecule is O=C(O)c1ccc(N2CCC(Nc3cccnc3)C2)cc1. The van der Waals surface area contributed by atoms with Gasteiger partial charge in [0.25, 0.3) is 0 Å². The number of aromatic carboxylic acids is 1. The minimum Gasteiger partial charge on any atom is -0.478 e. The number of carbonyl (C=O) groups is 1. The van der Waals surface area contributed by atoms with Crippen LogP contribution in [0, 0.1) is 0 Å². The average molecular weight is 283 g/mol. The van der Waals surface area contributed by atoms with Crippen LogP contribution >= 0.6 is 0 Å². The molecule has 1 atom stereocenters. The van der Waals surface area contributed by atoms with E-state index in [9.17, 15) is 4.79 Å². The highest BCUT2D eigenvalue weighted by Crippen LogP contribution is 2.22. The molecular formula is C16H17N3O2. The van der Waals surface area contributed by atoms with Crippen LogP contribution in [0.1, 0.15) is 16.8 Å². The van der Waals surface area contributed by atoms with Gasteiger partial charge in [0.05, 0.1) is 11.3 Å². The van der Waals surface area contributed by atoms with E-state index in [4.69, 9.17) is 5.11 Å². The van der Waals surface area contributed by atoms with Gasteiger partial charge in [-0.15, -0.1) is 0 Å². The molecule has 1 aromatic carbocycles. The van der Waals surface area contributed by atoms with Crippen LogP contribution < -0.4 is 10.2 Å². The maximum atomic E-state index is 10.9. The summed E-state index contributed by atoms with van der Waals surface area (Å²) in [6, 6.07) is 11.4. The lowest BCUT2D eigenvalue weighted by atomic mass is 10.2. The minimum atomic E-state index is -0.890. The van der Waals surface area contributed by atoms with E-state index >= 15 is 0 Å². The first-order valence-corrected chi connectivity index (χ1v) is 6.97. The van der Waals surface area contributed by atoms with Crippen molar-refractivity contribution in [3.63, 3.8) is 0 Å². The van der Waals surface area contributed by atoms with E-state index in [1.54, 1.807) is 18.3 Å². The van der Waals surface area contributed by atoms with Gasteiger partial charge in [0.15, 0.2) is 0 Å². The molecule has 0 saturated carbocycles. The number of benzene rings is 1. The van der Waals surface area contributed by atoms with E-state index in [1.165, 1.54) is 0 Å². The van der Waals surface area contributed by atoms with Crippen LogP contribution in [0.5, 0.6) is 0 Å². The van der Waals surface area contributed by atoms with Gasteiger partial charge in [-0.1, -0.05) is 0 Å². The normalized spacial score (nSPS) is 17.7. The lowest BCUT2D eigenvalue weighted by Crippen LogP contribution is -2.26. The minimum absolute atomic E-state index is 0.322. The molecule has 3 rings (SSSR count). The molecule has 0 amide bonds. The average Bonchev–Trinajstić information content (AvgIpc) is 2.97. The summed E-state index contributed by atoms with van der Waals surface area (Å²) >= 11 is 0. The Morgan fingerprint density at radius 1 is 1.29 bits per heavy atom. The van der Waals surface area contributed by atoms with E-state index in [2.05, 4.69) is 15.2 Å². The van der Waals surface area contributed by atoms with E-state index in [1.807, 2.05) is 30.5 Å². The summed E-state index contributed by atoms with van der Waals surface area (Å²) in [5, 5.41) is 12.4. The van der Waals surface area contributed by atoms with E-state index < -0.39 is 5.97 Å². The van der Waals surface area contributed by atoms with Gasteiger partial charge >= 0.3 is 5.97 Å². The standard InChI is InChI=1S/C16H17N3O2/c20-16(21)12-3-5-15(6-4-12)19-9-7-14(11-19)18-13-2-1-8-17-10-13/h1-6,8,10,14,18H,7,9,11H2,(H,20,21). The van der Waals surface area contributed by atoms with Crippen molar-refractivity contribution in [1.82, 2.24) is 4.98 Å². The largest absolute Gasteiger partial charge is 0.478 e. The molecule has 5 heteroatoms. The lowest BCUT2D eigenvalue weighted by Gasteiger charge is -2.19. The third-order valence-electron chi connectivity index (χ3n) is 3.70. The zero-order valence-electron chi connectivity index (χ0n) is 11.6. The highest BCUT2D eigenvalue weighted by molar-refractivity contribution is 5.88. The Morgan fingerprint density at radius 3 is 2.76 bits per heavy atom. The van der Waals surface area contributed by atoms with Crippen molar-refractivity contribution in [2.75, 3.05) is 23.3 Å². The Labute approximate surface area is 123 Å². The monoisotopic (exact) mass is 283 g/mol. The Kier molecular flexibility index (Phi) is 3.73. The smallest absolute Gasteiger partial charge is 0.335 e. The second-order valence-corrected chi connectivity index (χ2v) is 5.17. The summed E-state index contributed by atoms with van der Waals surface area (Å²) in [5.74, 6) is -0.890. The van der Waals surface area contributed by atoms with Gasteiger partial charge in [-0.25, -0.2) is 4.79 Å². The second-order valence-electron chi connectivity index (χ2n) is 5.17. The molecule has 1 aliphatic rings. The van der Waals surface area contributed by atoms with Gasteiger partial charge in [-0.2, -0.15) is 0 Å². The fourth-order valence-electron chi connectivity index (χ4n) is 2.61. The summed E-state index contributed by atoms with van der Waals surface area (Å²) in [7, 11) is 0. The first-order valence-electron chi connectivity index (χ1n) is 6.97. The van der Waals surface area contributed by atoms with Crippen LogP contribution in [0.4, 0.5) is 11.4 Å². The number of hydrogen-bond acceptors (Lipinski definition) is 4. The molecule has 2 aromatic rings. The number of carboxylic acid groups (broad SMARTS) is 1. The third kappa shape index (κ3) is 3.13. The fraction of sp³-hybridized carbons (Fsp3) is 0.250. The predicted molar refractivity (Wildman–Crippen MR) is 81.9 cm³/mol. The van der Waals surface area contributed by atoms with Crippen molar-refractivity contribution in [3.05, 3.63) is 54.4 Å². The molecule has 0 bridgehead atoms. The number of anilines is 2. The Bertz CT molecular complexity index is 613. The molecule has 1 aromatic heterocycles. The zero-order valence-corrected chi connectivity index (χ0v) is 11.6. The first-order chi connectivity index (χ1) is 10.2. The maximum Gasteiger partial charge on any atom is 0.335 e. The summed E-state index contributed by atoms with van der Waals surface area (Å²) in [4.78, 5) is 17.2. The zero-order chi connectivity index (χ0) is 14.7. The summed E-state index contributed by atoms with van der Waals surface area (Å²) in [5.41, 5.74) is 2.42. The third-order valence-corrected chi connectivity index (χ3v) is 3.70. The van der Waals surface area contributed by atoms with Gasteiger partial charge in [-0.05, 0) is 42.8 Å². The van der Waals surface area contributed by atoms with Crippen LogP contribution in [-0.4, -0.2) is 35.2 Å². The summed E-state index contributed by atoms with van der Waals surface area (Å²) in [6.07, 6.45) is 4.63. The number of carboxylic acids is 1. The van der Waals surface area contributed by atoms with Crippen LogP contribution in [-0.2, 0) is 0 Å². The molecule has 5 nitrogen and oxygen atoms in total. The van der Waals surface area contributed by atoms with Gasteiger partial charge < -0.3 is 15.3 Å². The second kappa shape index (κ2) is 5.83. The molecule has 1 fully saturated rings. The topological polar surface area (TPSA) is 65.5 Å². The molecule has 2 N–H and O–H groups in total. The van der Waals surface area contributed by atoms with Gasteiger partial charge in [0, 0.05) is 37.2 Å². The number of pyridine rings is 1. The van der Waals surface area contributed by atoms with Gasteiger partial charge in [-0.3, -0.25) is 4.98 Å². The van der Waals surface area contributed by atoms with Crippen LogP contribution in [0.3, 0.4) is 0 Å². The van der Waals surface area contributed by atoms with Gasteiger partial charge in [0.1, 0.15) is 0 Å². The van der Waals surface area contributed by atoms with Gasteiger partial charge in [0.2, 0.25) is 0 Å². The van der Waals surface area contributed by atoms with Crippen molar-refractivity contribution in [2.24, 2.45) is 0 Å². The summed E-state index contributed by atoms with van der Waals surface area (Å²) < 4.78 is 0. The Hall–Kier alpha value is -2.56. The van der Waals surface area contributed by atoms with E-state index in [0.717, 1.165) is 30.9 Å². The molecule has 21 heavy (non-hydrogen) atoms. The molecule has 108 valence electrons. The predicted octanol–water partition coefficient (Wildman–Crippen LogP) is 2.47. The van der Waals surface area contributed by atoms with Crippen molar-refractivity contribution in [3.8, 4) is 0 Å². The lowest BCUT2D eigenvalue weighted by molar-refractivity contribution is 0.0697. The Balaban J connectivity index is 1.62. The molecule has 0 radical (unpaired) electrons. The molecule has 2 heterocycles. The van der Waals surface area contributed by atoms with E-state index in [0.29, 0.717) is 11.6 Å². The number of hydrogen-bond donors (Lipinski definition) is 2. The van der Waals surface area contributed by atoms with Crippen molar-refractivity contribution in [1.29, 1.82) is 0 Å². The molecule has 1 unspecified atom stereocenters. The molecule has 1 aliphatic heterocycles.